The van der Waals surface area contributed by atoms with Gasteiger partial charge >= 0.3 is 17.9 Å². The maximum absolute atomic E-state index is 14.0. The molecule has 5 rings (SSSR count). The number of amides is 1. The first-order chi connectivity index (χ1) is 20.4. The number of alkyl carbamates (subject to hydrolysis) is 1. The summed E-state index contributed by atoms with van der Waals surface area (Å²) in [6, 6.07) is 6.29. The molecule has 0 saturated heterocycles. The third kappa shape index (κ3) is 6.26. The highest BCUT2D eigenvalue weighted by molar-refractivity contribution is 6.35. The molecule has 1 aromatic carbocycles. The van der Waals surface area contributed by atoms with Crippen LogP contribution in [-0.4, -0.2) is 46.6 Å². The van der Waals surface area contributed by atoms with Crippen molar-refractivity contribution < 1.29 is 19.1 Å². The number of hydrogen-bond donors (Lipinski definition) is 1. The zero-order valence-corrected chi connectivity index (χ0v) is 27.1. The Labute approximate surface area is 259 Å². The second kappa shape index (κ2) is 11.1. The molecule has 4 aromatic rings. The summed E-state index contributed by atoms with van der Waals surface area (Å²) in [6.07, 6.45) is 1.45. The van der Waals surface area contributed by atoms with Crippen molar-refractivity contribution in [1.82, 2.24) is 28.6 Å². The number of nitrogens with zero attached hydrogens (tertiary/aromatic N) is 5. The van der Waals surface area contributed by atoms with E-state index in [2.05, 4.69) is 5.32 Å². The number of aryl methyl sites for hydroxylation is 2. The molecule has 1 atom stereocenters. The summed E-state index contributed by atoms with van der Waals surface area (Å²) in [5.41, 5.74) is -1.46. The van der Waals surface area contributed by atoms with Crippen molar-refractivity contribution in [3.05, 3.63) is 61.6 Å². The molecule has 1 N–H and O–H groups in total. The molecule has 0 spiro atoms. The van der Waals surface area contributed by atoms with Gasteiger partial charge in [0.2, 0.25) is 0 Å². The second-order valence-electron chi connectivity index (χ2n) is 13.4. The van der Waals surface area contributed by atoms with Gasteiger partial charge in [0.15, 0.2) is 11.2 Å². The largest absolute Gasteiger partial charge is 0.444 e. The number of ether oxygens (including phenoxy) is 2. The van der Waals surface area contributed by atoms with Crippen LogP contribution in [0, 0.1) is 5.92 Å². The lowest BCUT2D eigenvalue weighted by atomic mass is 10.1. The number of fused-ring (bicyclic) bond motifs is 2. The molecular formula is C31H39ClN6O6. The van der Waals surface area contributed by atoms with Gasteiger partial charge in [0.1, 0.15) is 17.0 Å². The van der Waals surface area contributed by atoms with E-state index in [0.717, 1.165) is 17.4 Å². The first kappa shape index (κ1) is 31.4. The molecule has 13 heteroatoms. The van der Waals surface area contributed by atoms with Crippen molar-refractivity contribution in [2.45, 2.75) is 84.6 Å². The van der Waals surface area contributed by atoms with Crippen molar-refractivity contribution in [3.63, 3.8) is 0 Å². The Bertz CT molecular complexity index is 1900. The molecule has 3 heterocycles. The predicted molar refractivity (Wildman–Crippen MR) is 167 cm³/mol. The number of aromatic nitrogens is 5. The lowest BCUT2D eigenvalue weighted by Gasteiger charge is -2.23. The summed E-state index contributed by atoms with van der Waals surface area (Å²) in [6.45, 7) is 10.4. The van der Waals surface area contributed by atoms with Gasteiger partial charge in [-0.2, -0.15) is 0 Å². The van der Waals surface area contributed by atoms with E-state index >= 15 is 0 Å². The lowest BCUT2D eigenvalue weighted by molar-refractivity contribution is 0.0493. The molecular weight excluding hydrogens is 588 g/mol. The number of nitrogens with one attached hydrogen (secondary N) is 1. The van der Waals surface area contributed by atoms with E-state index in [9.17, 15) is 19.2 Å². The predicted octanol–water partition coefficient (Wildman–Crippen LogP) is 5.24. The minimum Gasteiger partial charge on any atom is -0.444 e. The van der Waals surface area contributed by atoms with Crippen LogP contribution >= 0.6 is 11.6 Å². The normalized spacial score (nSPS) is 14.7. The third-order valence-corrected chi connectivity index (χ3v) is 7.76. The third-order valence-electron chi connectivity index (χ3n) is 7.43. The number of rotatable bonds is 6. The van der Waals surface area contributed by atoms with Crippen molar-refractivity contribution in [2.75, 3.05) is 0 Å². The number of hydrogen-bond acceptors (Lipinski definition) is 7. The van der Waals surface area contributed by atoms with Gasteiger partial charge in [-0.3, -0.25) is 13.9 Å². The van der Waals surface area contributed by atoms with E-state index in [1.807, 2.05) is 0 Å². The number of benzene rings is 1. The molecule has 44 heavy (non-hydrogen) atoms. The van der Waals surface area contributed by atoms with Crippen LogP contribution in [0.1, 0.15) is 78.4 Å². The summed E-state index contributed by atoms with van der Waals surface area (Å²) in [4.78, 5) is 58.5. The van der Waals surface area contributed by atoms with Crippen molar-refractivity contribution >= 4 is 45.9 Å². The van der Waals surface area contributed by atoms with Gasteiger partial charge in [0.05, 0.1) is 23.8 Å². The summed E-state index contributed by atoms with van der Waals surface area (Å²) in [5.74, 6) is 0.856. The Hall–Kier alpha value is -4.06. The Morgan fingerprint density at radius 1 is 1.05 bits per heavy atom. The minimum absolute atomic E-state index is 0.187. The maximum Gasteiger partial charge on any atom is 0.419 e. The number of carbonyl (C=O) groups excluding carboxylic acids is 2. The van der Waals surface area contributed by atoms with Crippen LogP contribution in [-0.2, 0) is 30.1 Å². The highest BCUT2D eigenvalue weighted by Gasteiger charge is 2.33. The molecule has 3 aromatic heterocycles. The van der Waals surface area contributed by atoms with Crippen molar-refractivity contribution in [2.24, 2.45) is 20.0 Å². The summed E-state index contributed by atoms with van der Waals surface area (Å²) in [5, 5.41) is 3.92. The number of imidazole rings is 1. The van der Waals surface area contributed by atoms with Gasteiger partial charge in [0, 0.05) is 24.5 Å². The topological polar surface area (TPSA) is 131 Å². The SMILES string of the molecule is Cn1c(C(CC2CC2)NC(=O)OC(C)(C)C)nc2c1c(=O)n(Cc1cc3c(Cl)cccc3n1C(=O)OC(C)(C)C)c(=O)n2C. The van der Waals surface area contributed by atoms with Crippen LogP contribution in [0.25, 0.3) is 22.1 Å². The highest BCUT2D eigenvalue weighted by Crippen LogP contribution is 2.38. The monoisotopic (exact) mass is 626 g/mol. The Morgan fingerprint density at radius 2 is 1.70 bits per heavy atom. The Balaban J connectivity index is 1.62. The zero-order chi connectivity index (χ0) is 32.3. The quantitative estimate of drug-likeness (QED) is 0.310. The molecule has 0 radical (unpaired) electrons. The van der Waals surface area contributed by atoms with Crippen LogP contribution in [0.4, 0.5) is 9.59 Å². The maximum atomic E-state index is 14.0. The fourth-order valence-electron chi connectivity index (χ4n) is 5.33. The molecule has 1 saturated carbocycles. The number of halogens is 1. The summed E-state index contributed by atoms with van der Waals surface area (Å²) in [7, 11) is 3.23. The average Bonchev–Trinajstić information content (AvgIpc) is 3.52. The smallest absolute Gasteiger partial charge is 0.419 e. The first-order valence-electron chi connectivity index (χ1n) is 14.6. The van der Waals surface area contributed by atoms with Gasteiger partial charge < -0.3 is 19.4 Å². The fourth-order valence-corrected chi connectivity index (χ4v) is 5.55. The van der Waals surface area contributed by atoms with Crippen molar-refractivity contribution in [3.8, 4) is 0 Å². The van der Waals surface area contributed by atoms with Gasteiger partial charge in [-0.05, 0) is 72.1 Å². The van der Waals surface area contributed by atoms with Crippen LogP contribution < -0.4 is 16.6 Å². The Kier molecular flexibility index (Phi) is 7.94. The van der Waals surface area contributed by atoms with Crippen LogP contribution in [0.3, 0.4) is 0 Å². The van der Waals surface area contributed by atoms with Gasteiger partial charge in [0.25, 0.3) is 5.56 Å². The Morgan fingerprint density at radius 3 is 2.32 bits per heavy atom. The molecule has 1 unspecified atom stereocenters. The molecule has 1 aliphatic rings. The van der Waals surface area contributed by atoms with Gasteiger partial charge in [-0.25, -0.2) is 23.9 Å². The molecule has 0 aliphatic heterocycles. The first-order valence-corrected chi connectivity index (χ1v) is 15.0. The molecule has 1 amide bonds. The minimum atomic E-state index is -0.787. The van der Waals surface area contributed by atoms with Gasteiger partial charge in [-0.1, -0.05) is 30.5 Å². The van der Waals surface area contributed by atoms with Crippen molar-refractivity contribution in [1.29, 1.82) is 0 Å². The van der Waals surface area contributed by atoms with E-state index in [0.29, 0.717) is 39.8 Å². The van der Waals surface area contributed by atoms with Gasteiger partial charge in [-0.15, -0.1) is 0 Å². The molecule has 12 nitrogen and oxygen atoms in total. The van der Waals surface area contributed by atoms with Crippen LogP contribution in [0.2, 0.25) is 5.02 Å². The van der Waals surface area contributed by atoms with E-state index in [4.69, 9.17) is 26.1 Å². The molecule has 1 aliphatic carbocycles. The number of carbonyl (C=O) groups is 2. The van der Waals surface area contributed by atoms with E-state index in [1.54, 1.807) is 77.4 Å². The molecule has 236 valence electrons. The standard InChI is InChI=1S/C31H39ClN6O6/c1-30(2,3)43-27(40)33-21(14-17-12-13-17)24-34-25-23(35(24)7)26(39)37(28(41)36(25)8)16-18-15-19-20(32)10-9-11-22(19)38(18)29(42)44-31(4,5)6/h9-11,15,17,21H,12-14,16H2,1-8H3,(H,33,40). The summed E-state index contributed by atoms with van der Waals surface area (Å²) < 4.78 is 16.5. The van der Waals surface area contributed by atoms with E-state index < -0.39 is 40.7 Å². The highest BCUT2D eigenvalue weighted by atomic mass is 35.5. The fraction of sp³-hybridized carbons (Fsp3) is 0.516. The molecule has 0 bridgehead atoms. The van der Waals surface area contributed by atoms with E-state index in [1.165, 1.54) is 16.2 Å². The van der Waals surface area contributed by atoms with E-state index in [-0.39, 0.29) is 17.7 Å². The zero-order valence-electron chi connectivity index (χ0n) is 26.4. The summed E-state index contributed by atoms with van der Waals surface area (Å²) >= 11 is 6.46. The van der Waals surface area contributed by atoms with Crippen LogP contribution in [0.15, 0.2) is 33.9 Å². The second-order valence-corrected chi connectivity index (χ2v) is 13.8. The van der Waals surface area contributed by atoms with Crippen LogP contribution in [0.5, 0.6) is 0 Å². The molecule has 1 fully saturated rings. The average molecular weight is 627 g/mol. The lowest BCUT2D eigenvalue weighted by Crippen LogP contribution is -2.40.